The number of methoxy groups -OCH3 is 2. The summed E-state index contributed by atoms with van der Waals surface area (Å²) in [6.07, 6.45) is 1.10. The molecule has 1 N–H and O–H groups in total. The highest BCUT2D eigenvalue weighted by molar-refractivity contribution is 7.92. The van der Waals surface area contributed by atoms with Crippen LogP contribution in [-0.2, 0) is 14.8 Å². The molecule has 0 aliphatic rings. The molecule has 0 bridgehead atoms. The van der Waals surface area contributed by atoms with Crippen LogP contribution in [0.1, 0.15) is 36.6 Å². The van der Waals surface area contributed by atoms with E-state index in [1.165, 1.54) is 4.31 Å². The van der Waals surface area contributed by atoms with E-state index in [0.29, 0.717) is 17.2 Å². The maximum absolute atomic E-state index is 13.0. The van der Waals surface area contributed by atoms with E-state index < -0.39 is 28.0 Å². The van der Waals surface area contributed by atoms with E-state index in [4.69, 9.17) is 9.47 Å². The Bertz CT molecular complexity index is 1020. The predicted molar refractivity (Wildman–Crippen MR) is 119 cm³/mol. The standard InChI is InChI=1S/C22H30N2O5S/c1-14-8-9-15(2)20(12-14)24(30(7,26)27)17(4)22(25)23-16(3)19-13-18(28-5)10-11-21(19)29-6/h8-13,16-17H,1-7H3,(H,23,25)/t16-,17-/m1/s1. The lowest BCUT2D eigenvalue weighted by molar-refractivity contribution is -0.122. The second-order valence-electron chi connectivity index (χ2n) is 7.36. The average Bonchev–Trinajstić information content (AvgIpc) is 2.68. The van der Waals surface area contributed by atoms with Crippen LogP contribution in [0.4, 0.5) is 5.69 Å². The molecule has 0 radical (unpaired) electrons. The first-order chi connectivity index (χ1) is 14.0. The molecule has 1 amide bonds. The number of amides is 1. The Kier molecular flexibility index (Phi) is 7.36. The number of rotatable bonds is 8. The first-order valence-corrected chi connectivity index (χ1v) is 11.4. The molecule has 0 aliphatic heterocycles. The van der Waals surface area contributed by atoms with Crippen molar-refractivity contribution in [1.82, 2.24) is 5.32 Å². The zero-order valence-electron chi connectivity index (χ0n) is 18.5. The molecule has 7 nitrogen and oxygen atoms in total. The molecule has 2 atom stereocenters. The van der Waals surface area contributed by atoms with Crippen molar-refractivity contribution in [3.05, 3.63) is 53.1 Å². The van der Waals surface area contributed by atoms with Crippen molar-refractivity contribution in [1.29, 1.82) is 0 Å². The molecule has 2 aromatic carbocycles. The monoisotopic (exact) mass is 434 g/mol. The number of nitrogens with one attached hydrogen (secondary N) is 1. The summed E-state index contributed by atoms with van der Waals surface area (Å²) in [5.41, 5.74) is 2.90. The second-order valence-corrected chi connectivity index (χ2v) is 9.22. The van der Waals surface area contributed by atoms with E-state index in [2.05, 4.69) is 5.32 Å². The first kappa shape index (κ1) is 23.5. The quantitative estimate of drug-likeness (QED) is 0.689. The Hall–Kier alpha value is -2.74. The lowest BCUT2D eigenvalue weighted by atomic mass is 10.1. The largest absolute Gasteiger partial charge is 0.497 e. The van der Waals surface area contributed by atoms with Gasteiger partial charge in [0.15, 0.2) is 0 Å². The summed E-state index contributed by atoms with van der Waals surface area (Å²) in [4.78, 5) is 13.0. The summed E-state index contributed by atoms with van der Waals surface area (Å²) < 4.78 is 37.0. The molecule has 2 rings (SSSR count). The summed E-state index contributed by atoms with van der Waals surface area (Å²) in [7, 11) is -0.587. The molecule has 0 saturated heterocycles. The van der Waals surface area contributed by atoms with Crippen LogP contribution < -0.4 is 19.1 Å². The fourth-order valence-corrected chi connectivity index (χ4v) is 4.55. The number of ether oxygens (including phenoxy) is 2. The molecular formula is C22H30N2O5S. The topological polar surface area (TPSA) is 84.9 Å². The van der Waals surface area contributed by atoms with Gasteiger partial charge in [-0.05, 0) is 63.1 Å². The number of nitrogens with zero attached hydrogens (tertiary/aromatic N) is 1. The summed E-state index contributed by atoms with van der Waals surface area (Å²) in [6, 6.07) is 9.47. The van der Waals surface area contributed by atoms with E-state index in [-0.39, 0.29) is 0 Å². The number of carbonyl (C=O) groups excluding carboxylic acids is 1. The predicted octanol–water partition coefficient (Wildman–Crippen LogP) is 3.35. The molecule has 0 aliphatic carbocycles. The van der Waals surface area contributed by atoms with Gasteiger partial charge in [0.25, 0.3) is 0 Å². The number of carbonyl (C=O) groups is 1. The minimum atomic E-state index is -3.70. The minimum Gasteiger partial charge on any atom is -0.497 e. The smallest absolute Gasteiger partial charge is 0.244 e. The van der Waals surface area contributed by atoms with Crippen LogP contribution in [0, 0.1) is 13.8 Å². The summed E-state index contributed by atoms with van der Waals surface area (Å²) in [5.74, 6) is 0.817. The van der Waals surface area contributed by atoms with Crippen molar-refractivity contribution in [2.24, 2.45) is 0 Å². The van der Waals surface area contributed by atoms with E-state index in [0.717, 1.165) is 22.9 Å². The van der Waals surface area contributed by atoms with Crippen molar-refractivity contribution < 1.29 is 22.7 Å². The van der Waals surface area contributed by atoms with Crippen molar-refractivity contribution in [3.63, 3.8) is 0 Å². The van der Waals surface area contributed by atoms with Gasteiger partial charge < -0.3 is 14.8 Å². The van der Waals surface area contributed by atoms with Gasteiger partial charge in [0.2, 0.25) is 15.9 Å². The zero-order valence-corrected chi connectivity index (χ0v) is 19.3. The molecule has 0 heterocycles. The minimum absolute atomic E-state index is 0.418. The van der Waals surface area contributed by atoms with Crippen LogP contribution in [0.5, 0.6) is 11.5 Å². The van der Waals surface area contributed by atoms with Crippen molar-refractivity contribution in [3.8, 4) is 11.5 Å². The SMILES string of the molecule is COc1ccc(OC)c([C@@H](C)NC(=O)[C@@H](C)N(c2cc(C)ccc2C)S(C)(=O)=O)c1. The van der Waals surface area contributed by atoms with E-state index in [1.54, 1.807) is 45.4 Å². The Morgan fingerprint density at radius 3 is 2.27 bits per heavy atom. The third-order valence-electron chi connectivity index (χ3n) is 4.95. The van der Waals surface area contributed by atoms with Gasteiger partial charge in [0.05, 0.1) is 32.2 Å². The molecule has 164 valence electrons. The molecule has 0 unspecified atom stereocenters. The lowest BCUT2D eigenvalue weighted by Crippen LogP contribution is -2.48. The number of hydrogen-bond donors (Lipinski definition) is 1. The third kappa shape index (κ3) is 5.24. The van der Waals surface area contributed by atoms with E-state index in [9.17, 15) is 13.2 Å². The van der Waals surface area contributed by atoms with E-state index in [1.807, 2.05) is 32.9 Å². The highest BCUT2D eigenvalue weighted by Gasteiger charge is 2.31. The van der Waals surface area contributed by atoms with Gasteiger partial charge in [0.1, 0.15) is 17.5 Å². The number of benzene rings is 2. The van der Waals surface area contributed by atoms with Crippen molar-refractivity contribution in [2.75, 3.05) is 24.8 Å². The van der Waals surface area contributed by atoms with Gasteiger partial charge in [-0.25, -0.2) is 8.42 Å². The Morgan fingerprint density at radius 1 is 1.03 bits per heavy atom. The van der Waals surface area contributed by atoms with Gasteiger partial charge in [0, 0.05) is 5.56 Å². The lowest BCUT2D eigenvalue weighted by Gasteiger charge is -2.31. The van der Waals surface area contributed by atoms with Crippen LogP contribution >= 0.6 is 0 Å². The molecule has 0 aromatic heterocycles. The molecular weight excluding hydrogens is 404 g/mol. The molecule has 30 heavy (non-hydrogen) atoms. The second kappa shape index (κ2) is 9.38. The number of anilines is 1. The Labute approximate surface area is 179 Å². The van der Waals surface area contributed by atoms with Gasteiger partial charge in [-0.1, -0.05) is 12.1 Å². The maximum Gasteiger partial charge on any atom is 0.244 e. The normalized spacial score (nSPS) is 13.3. The fraction of sp³-hybridized carbons (Fsp3) is 0.409. The van der Waals surface area contributed by atoms with Crippen LogP contribution in [0.3, 0.4) is 0 Å². The van der Waals surface area contributed by atoms with Crippen molar-refractivity contribution >= 4 is 21.6 Å². The zero-order chi connectivity index (χ0) is 22.6. The number of hydrogen-bond acceptors (Lipinski definition) is 5. The molecule has 8 heteroatoms. The summed E-state index contributed by atoms with van der Waals surface area (Å²) in [5, 5.41) is 2.90. The average molecular weight is 435 g/mol. The summed E-state index contributed by atoms with van der Waals surface area (Å²) >= 11 is 0. The van der Waals surface area contributed by atoms with Gasteiger partial charge in [-0.3, -0.25) is 9.10 Å². The Balaban J connectivity index is 2.35. The molecule has 0 saturated carbocycles. The van der Waals surface area contributed by atoms with Gasteiger partial charge in [-0.2, -0.15) is 0 Å². The highest BCUT2D eigenvalue weighted by Crippen LogP contribution is 2.30. The molecule has 0 fully saturated rings. The van der Waals surface area contributed by atoms with Crippen LogP contribution in [-0.4, -0.2) is 40.8 Å². The van der Waals surface area contributed by atoms with Gasteiger partial charge >= 0.3 is 0 Å². The fourth-order valence-electron chi connectivity index (χ4n) is 3.33. The maximum atomic E-state index is 13.0. The van der Waals surface area contributed by atoms with Crippen LogP contribution in [0.15, 0.2) is 36.4 Å². The van der Waals surface area contributed by atoms with E-state index >= 15 is 0 Å². The first-order valence-electron chi connectivity index (χ1n) is 9.58. The third-order valence-corrected chi connectivity index (χ3v) is 6.18. The highest BCUT2D eigenvalue weighted by atomic mass is 32.2. The summed E-state index contributed by atoms with van der Waals surface area (Å²) in [6.45, 7) is 7.09. The van der Waals surface area contributed by atoms with Crippen molar-refractivity contribution in [2.45, 2.75) is 39.8 Å². The number of sulfonamides is 1. The van der Waals surface area contributed by atoms with Crippen LogP contribution in [0.25, 0.3) is 0 Å². The van der Waals surface area contributed by atoms with Crippen LogP contribution in [0.2, 0.25) is 0 Å². The molecule has 2 aromatic rings. The van der Waals surface area contributed by atoms with Gasteiger partial charge in [-0.15, -0.1) is 0 Å². The number of aryl methyl sites for hydroxylation is 2. The Morgan fingerprint density at radius 2 is 1.70 bits per heavy atom. The molecule has 0 spiro atoms.